The zero-order valence-electron chi connectivity index (χ0n) is 18.1. The number of ether oxygens (including phenoxy) is 2. The van der Waals surface area contributed by atoms with Gasteiger partial charge in [0.25, 0.3) is 0 Å². The molecule has 174 valence electrons. The second-order valence-electron chi connectivity index (χ2n) is 7.14. The number of rotatable bonds is 8. The lowest BCUT2D eigenvalue weighted by atomic mass is 10.2. The standard InChI is InChI=1S/C23H22Cl2N2O5S/c1-15-12-16(24)8-10-19(15)27(33(3,29)30)14-23(28)26-18-13-17(25)9-11-20(18)32-22-7-5-4-6-21(22)31-2/h4-13H,14H2,1-3H3,(H,26,28). The number of hydrogen-bond acceptors (Lipinski definition) is 5. The molecule has 0 heterocycles. The number of nitrogens with one attached hydrogen (secondary N) is 1. The molecule has 0 saturated heterocycles. The van der Waals surface area contributed by atoms with Gasteiger partial charge in [-0.05, 0) is 61.0 Å². The van der Waals surface area contributed by atoms with Gasteiger partial charge < -0.3 is 14.8 Å². The van der Waals surface area contributed by atoms with E-state index in [2.05, 4.69) is 5.32 Å². The van der Waals surface area contributed by atoms with Crippen molar-refractivity contribution in [3.8, 4) is 17.2 Å². The third-order valence-corrected chi connectivity index (χ3v) is 6.22. The summed E-state index contributed by atoms with van der Waals surface area (Å²) in [7, 11) is -2.24. The maximum absolute atomic E-state index is 12.9. The van der Waals surface area contributed by atoms with Gasteiger partial charge in [0.05, 0.1) is 24.7 Å². The van der Waals surface area contributed by atoms with Gasteiger partial charge in [0.1, 0.15) is 6.54 Å². The minimum Gasteiger partial charge on any atom is -0.493 e. The minimum absolute atomic E-state index is 0.277. The number of nitrogens with zero attached hydrogens (tertiary/aromatic N) is 1. The topological polar surface area (TPSA) is 84.9 Å². The first kappa shape index (κ1) is 24.7. The number of sulfonamides is 1. The van der Waals surface area contributed by atoms with Crippen LogP contribution in [0.2, 0.25) is 10.0 Å². The predicted octanol–water partition coefficient (Wildman–Crippen LogP) is 5.51. The van der Waals surface area contributed by atoms with E-state index in [0.29, 0.717) is 38.5 Å². The number of benzene rings is 3. The van der Waals surface area contributed by atoms with Gasteiger partial charge in [-0.25, -0.2) is 8.42 Å². The highest BCUT2D eigenvalue weighted by Gasteiger charge is 2.23. The molecule has 1 amide bonds. The number of para-hydroxylation sites is 2. The maximum Gasteiger partial charge on any atom is 0.245 e. The van der Waals surface area contributed by atoms with Gasteiger partial charge in [-0.2, -0.15) is 0 Å². The number of hydrogen-bond donors (Lipinski definition) is 1. The molecule has 3 aromatic carbocycles. The lowest BCUT2D eigenvalue weighted by Crippen LogP contribution is -2.37. The van der Waals surface area contributed by atoms with E-state index in [9.17, 15) is 13.2 Å². The van der Waals surface area contributed by atoms with Crippen LogP contribution in [0.15, 0.2) is 60.7 Å². The van der Waals surface area contributed by atoms with Crippen molar-refractivity contribution in [2.24, 2.45) is 0 Å². The summed E-state index contributed by atoms with van der Waals surface area (Å²) in [4.78, 5) is 12.9. The first-order chi connectivity index (χ1) is 15.6. The number of anilines is 2. The molecule has 0 spiro atoms. The van der Waals surface area contributed by atoms with E-state index in [1.807, 2.05) is 0 Å². The van der Waals surface area contributed by atoms with E-state index in [4.69, 9.17) is 32.7 Å². The quantitative estimate of drug-likeness (QED) is 0.433. The molecule has 0 aromatic heterocycles. The Balaban J connectivity index is 1.88. The molecule has 3 aromatic rings. The zero-order chi connectivity index (χ0) is 24.2. The second-order valence-corrected chi connectivity index (χ2v) is 9.92. The van der Waals surface area contributed by atoms with Crippen molar-refractivity contribution in [1.82, 2.24) is 0 Å². The number of methoxy groups -OCH3 is 1. The number of aryl methyl sites for hydroxylation is 1. The van der Waals surface area contributed by atoms with Gasteiger partial charge in [-0.1, -0.05) is 35.3 Å². The molecule has 0 unspecified atom stereocenters. The van der Waals surface area contributed by atoms with Crippen molar-refractivity contribution in [2.45, 2.75) is 6.92 Å². The summed E-state index contributed by atoms with van der Waals surface area (Å²) >= 11 is 12.1. The lowest BCUT2D eigenvalue weighted by Gasteiger charge is -2.24. The van der Waals surface area contributed by atoms with Crippen LogP contribution < -0.4 is 19.1 Å². The van der Waals surface area contributed by atoms with Gasteiger partial charge in [-0.3, -0.25) is 9.10 Å². The molecule has 0 aliphatic rings. The molecule has 0 aliphatic heterocycles. The highest BCUT2D eigenvalue weighted by atomic mass is 35.5. The Morgan fingerprint density at radius 1 is 0.970 bits per heavy atom. The summed E-state index contributed by atoms with van der Waals surface area (Å²) in [5, 5.41) is 3.52. The molecule has 7 nitrogen and oxygen atoms in total. The van der Waals surface area contributed by atoms with Crippen molar-refractivity contribution in [3.63, 3.8) is 0 Å². The Morgan fingerprint density at radius 2 is 1.61 bits per heavy atom. The van der Waals surface area contributed by atoms with Crippen molar-refractivity contribution in [2.75, 3.05) is 29.5 Å². The molecule has 0 saturated carbocycles. The molecule has 10 heteroatoms. The molecule has 0 aliphatic carbocycles. The van der Waals surface area contributed by atoms with E-state index in [-0.39, 0.29) is 5.69 Å². The number of carbonyl (C=O) groups is 1. The summed E-state index contributed by atoms with van der Waals surface area (Å²) in [5.41, 5.74) is 1.25. The average Bonchev–Trinajstić information content (AvgIpc) is 2.74. The molecule has 0 bridgehead atoms. The summed E-state index contributed by atoms with van der Waals surface area (Å²) in [6.45, 7) is 1.26. The molecule has 0 atom stereocenters. The monoisotopic (exact) mass is 508 g/mol. The SMILES string of the molecule is COc1ccccc1Oc1ccc(Cl)cc1NC(=O)CN(c1ccc(Cl)cc1C)S(C)(=O)=O. The van der Waals surface area contributed by atoms with Crippen LogP contribution >= 0.6 is 23.2 Å². The first-order valence-corrected chi connectivity index (χ1v) is 12.3. The molecule has 0 fully saturated rings. The van der Waals surface area contributed by atoms with Gasteiger partial charge in [0.15, 0.2) is 17.2 Å². The molecule has 1 N–H and O–H groups in total. The van der Waals surface area contributed by atoms with Crippen LogP contribution in [-0.2, 0) is 14.8 Å². The van der Waals surface area contributed by atoms with Crippen LogP contribution in [0.3, 0.4) is 0 Å². The first-order valence-electron chi connectivity index (χ1n) is 9.72. The number of carbonyl (C=O) groups excluding carboxylic acids is 1. The summed E-state index contributed by atoms with van der Waals surface area (Å²) in [6.07, 6.45) is 1.03. The number of halogens is 2. The summed E-state index contributed by atoms with van der Waals surface area (Å²) in [6, 6.07) is 16.5. The van der Waals surface area contributed by atoms with E-state index in [1.54, 1.807) is 61.5 Å². The Kier molecular flexibility index (Phi) is 7.73. The Labute approximate surface area is 202 Å². The lowest BCUT2D eigenvalue weighted by molar-refractivity contribution is -0.114. The van der Waals surface area contributed by atoms with Gasteiger partial charge in [0.2, 0.25) is 15.9 Å². The highest BCUT2D eigenvalue weighted by Crippen LogP contribution is 2.36. The molecular formula is C23H22Cl2N2O5S. The van der Waals surface area contributed by atoms with Crippen molar-refractivity contribution >= 4 is 50.5 Å². The van der Waals surface area contributed by atoms with Crippen LogP contribution in [0.25, 0.3) is 0 Å². The van der Waals surface area contributed by atoms with E-state index in [0.717, 1.165) is 10.6 Å². The van der Waals surface area contributed by atoms with Gasteiger partial charge in [0, 0.05) is 10.0 Å². The van der Waals surface area contributed by atoms with Crippen LogP contribution in [0, 0.1) is 6.92 Å². The Bertz CT molecular complexity index is 1280. The van der Waals surface area contributed by atoms with E-state index >= 15 is 0 Å². The Morgan fingerprint density at radius 3 is 2.24 bits per heavy atom. The highest BCUT2D eigenvalue weighted by molar-refractivity contribution is 7.92. The third kappa shape index (κ3) is 6.31. The smallest absolute Gasteiger partial charge is 0.245 e. The fourth-order valence-corrected chi connectivity index (χ4v) is 4.42. The normalized spacial score (nSPS) is 11.1. The van der Waals surface area contributed by atoms with Crippen LogP contribution in [0.5, 0.6) is 17.2 Å². The fourth-order valence-electron chi connectivity index (χ4n) is 3.11. The maximum atomic E-state index is 12.9. The molecular weight excluding hydrogens is 487 g/mol. The van der Waals surface area contributed by atoms with Gasteiger partial charge >= 0.3 is 0 Å². The summed E-state index contributed by atoms with van der Waals surface area (Å²) in [5.74, 6) is 0.673. The van der Waals surface area contributed by atoms with Crippen LogP contribution in [-0.4, -0.2) is 34.2 Å². The zero-order valence-corrected chi connectivity index (χ0v) is 20.5. The Hall–Kier alpha value is -2.94. The fraction of sp³-hybridized carbons (Fsp3) is 0.174. The molecule has 33 heavy (non-hydrogen) atoms. The molecule has 3 rings (SSSR count). The molecule has 0 radical (unpaired) electrons. The average molecular weight is 509 g/mol. The van der Waals surface area contributed by atoms with Crippen molar-refractivity contribution in [1.29, 1.82) is 0 Å². The van der Waals surface area contributed by atoms with Crippen molar-refractivity contribution < 1.29 is 22.7 Å². The van der Waals surface area contributed by atoms with E-state index < -0.39 is 22.5 Å². The van der Waals surface area contributed by atoms with Crippen LogP contribution in [0.4, 0.5) is 11.4 Å². The minimum atomic E-state index is -3.76. The second kappa shape index (κ2) is 10.3. The largest absolute Gasteiger partial charge is 0.493 e. The van der Waals surface area contributed by atoms with Crippen LogP contribution in [0.1, 0.15) is 5.56 Å². The van der Waals surface area contributed by atoms with E-state index in [1.165, 1.54) is 13.2 Å². The third-order valence-electron chi connectivity index (χ3n) is 4.62. The van der Waals surface area contributed by atoms with Gasteiger partial charge in [-0.15, -0.1) is 0 Å². The number of amides is 1. The van der Waals surface area contributed by atoms with Crippen molar-refractivity contribution in [3.05, 3.63) is 76.3 Å². The summed E-state index contributed by atoms with van der Waals surface area (Å²) < 4.78 is 37.1. The predicted molar refractivity (Wildman–Crippen MR) is 132 cm³/mol.